The number of quaternary nitrogens is 2. The van der Waals surface area contributed by atoms with E-state index in [2.05, 4.69) is 123 Å². The Labute approximate surface area is 239 Å². The number of hydrogen-bond acceptors (Lipinski definition) is 3. The van der Waals surface area contributed by atoms with Gasteiger partial charge in [0.25, 0.3) is 0 Å². The second-order valence-corrected chi connectivity index (χ2v) is 9.90. The molecule has 2 heterocycles. The van der Waals surface area contributed by atoms with Crippen LogP contribution in [0.15, 0.2) is 103 Å². The fourth-order valence-electron chi connectivity index (χ4n) is 4.80. The van der Waals surface area contributed by atoms with Crippen molar-refractivity contribution in [3.63, 3.8) is 0 Å². The molecule has 0 amide bonds. The van der Waals surface area contributed by atoms with Crippen molar-refractivity contribution >= 4 is 22.7 Å². The molecule has 0 saturated carbocycles. The molecule has 0 radical (unpaired) electrons. The number of para-hydroxylation sites is 2. The van der Waals surface area contributed by atoms with Crippen molar-refractivity contribution in [1.29, 1.82) is 0 Å². The van der Waals surface area contributed by atoms with Crippen molar-refractivity contribution in [2.24, 2.45) is 0 Å². The normalized spacial score (nSPS) is 19.6. The number of anilines is 3. The molecule has 192 valence electrons. The second kappa shape index (κ2) is 10.8. The average molecular weight is 682 g/mol. The molecule has 4 aromatic rings. The number of benzene rings is 4. The number of rotatable bonds is 5. The molecule has 0 bridgehead atoms. The van der Waals surface area contributed by atoms with Gasteiger partial charge in [0.1, 0.15) is 5.69 Å². The number of nitrogens with one attached hydrogen (secondary N) is 2. The fourth-order valence-corrected chi connectivity index (χ4v) is 4.80. The third-order valence-electron chi connectivity index (χ3n) is 7.21. The maximum Gasteiger partial charge on any atom is 4.00 e. The van der Waals surface area contributed by atoms with Crippen LogP contribution in [0.25, 0.3) is 0 Å². The Balaban J connectivity index is 0.00000294. The summed E-state index contributed by atoms with van der Waals surface area (Å²) in [5.74, 6) is 1.30. The first-order valence-corrected chi connectivity index (χ1v) is 12.5. The van der Waals surface area contributed by atoms with Crippen LogP contribution < -0.4 is 24.3 Å². The van der Waals surface area contributed by atoms with Crippen LogP contribution in [-0.2, 0) is 26.6 Å². The maximum absolute atomic E-state index is 6.25. The standard InChI is InChI=1S/C32H30N4O.Pt/c1-32(2)30-17-7-8-18-31(30)36(23-33(32)3)27-14-10-16-29(22-27)37-28-15-9-13-26(21-28)35-20-19-34(24-35)25-11-5-4-6-12-25;/h4-20,23-24,33-34H,1-3H3;/q-2;+4. The summed E-state index contributed by atoms with van der Waals surface area (Å²) < 4.78 is 6.25. The molecule has 0 aliphatic carbocycles. The van der Waals surface area contributed by atoms with Crippen molar-refractivity contribution in [1.82, 2.24) is 0 Å². The van der Waals surface area contributed by atoms with Crippen LogP contribution in [0.3, 0.4) is 0 Å². The number of hydrogen-bond donors (Lipinski definition) is 2. The van der Waals surface area contributed by atoms with Crippen LogP contribution in [0.2, 0.25) is 0 Å². The van der Waals surface area contributed by atoms with Crippen LogP contribution in [0, 0.1) is 25.5 Å². The minimum Gasteiger partial charge on any atom is -0.509 e. The summed E-state index contributed by atoms with van der Waals surface area (Å²) in [6, 6.07) is 37.8. The Morgan fingerprint density at radius 3 is 2.18 bits per heavy atom. The fraction of sp³-hybridized carbons (Fsp3) is 0.125. The second-order valence-electron chi connectivity index (χ2n) is 9.90. The maximum atomic E-state index is 6.25. The van der Waals surface area contributed by atoms with Gasteiger partial charge in [-0.05, 0) is 45.4 Å². The molecule has 0 fully saturated rings. The number of fused-ring (bicyclic) bond motifs is 1. The Morgan fingerprint density at radius 1 is 0.763 bits per heavy atom. The van der Waals surface area contributed by atoms with Crippen molar-refractivity contribution in [3.8, 4) is 11.5 Å². The molecule has 2 unspecified atom stereocenters. The summed E-state index contributed by atoms with van der Waals surface area (Å²) in [5, 5.41) is 0. The molecule has 0 aromatic heterocycles. The van der Waals surface area contributed by atoms with Gasteiger partial charge in [-0.1, -0.05) is 47.8 Å². The summed E-state index contributed by atoms with van der Waals surface area (Å²) in [4.78, 5) is 6.73. The van der Waals surface area contributed by atoms with Crippen molar-refractivity contribution < 1.29 is 35.6 Å². The molecule has 0 spiro atoms. The molecule has 6 rings (SSSR count). The Morgan fingerprint density at radius 2 is 1.42 bits per heavy atom. The third kappa shape index (κ3) is 5.02. The van der Waals surface area contributed by atoms with Gasteiger partial charge in [-0.3, -0.25) is 0 Å². The van der Waals surface area contributed by atoms with Gasteiger partial charge in [-0.25, -0.2) is 0 Å². The molecule has 2 aliphatic rings. The van der Waals surface area contributed by atoms with E-state index in [1.54, 1.807) is 0 Å². The van der Waals surface area contributed by atoms with E-state index in [1.807, 2.05) is 36.4 Å². The van der Waals surface area contributed by atoms with Gasteiger partial charge in [0.15, 0.2) is 0 Å². The average Bonchev–Trinajstić information content (AvgIpc) is 3.42. The molecule has 4 aromatic carbocycles. The Bertz CT molecular complexity index is 1440. The summed E-state index contributed by atoms with van der Waals surface area (Å²) in [6.07, 6.45) is 4.16. The van der Waals surface area contributed by atoms with E-state index >= 15 is 0 Å². The summed E-state index contributed by atoms with van der Waals surface area (Å²) in [6.45, 7) is 8.87. The Kier molecular flexibility index (Phi) is 7.45. The molecule has 2 N–H and O–H groups in total. The van der Waals surface area contributed by atoms with Gasteiger partial charge < -0.3 is 24.3 Å². The van der Waals surface area contributed by atoms with Crippen molar-refractivity contribution in [3.05, 3.63) is 134 Å². The van der Waals surface area contributed by atoms with E-state index < -0.39 is 0 Å². The van der Waals surface area contributed by atoms with Gasteiger partial charge in [-0.15, -0.1) is 36.4 Å². The largest absolute Gasteiger partial charge is 4.00 e. The number of nitrogens with zero attached hydrogens (tertiary/aromatic N) is 2. The number of ether oxygens (including phenoxy) is 1. The SMILES string of the molecule is C[NH+]1[CH-]N(c2[c-]c(Oc3[c-]c(N4C=C[NH+](c5ccccc5)[CH-]4)ccc3)ccc2)c2ccccc2C1(C)C.[Pt+4]. The summed E-state index contributed by atoms with van der Waals surface area (Å²) >= 11 is 0. The van der Waals surface area contributed by atoms with Gasteiger partial charge in [-0.2, -0.15) is 12.1 Å². The first-order chi connectivity index (χ1) is 18.0. The monoisotopic (exact) mass is 681 g/mol. The molecule has 38 heavy (non-hydrogen) atoms. The third-order valence-corrected chi connectivity index (χ3v) is 7.21. The molecule has 6 heteroatoms. The first kappa shape index (κ1) is 26.2. The minimum atomic E-state index is -0.0184. The first-order valence-electron chi connectivity index (χ1n) is 12.5. The molecule has 5 nitrogen and oxygen atoms in total. The van der Waals surface area contributed by atoms with Crippen LogP contribution >= 0.6 is 0 Å². The van der Waals surface area contributed by atoms with Crippen LogP contribution in [0.1, 0.15) is 19.4 Å². The molecular weight excluding hydrogens is 651 g/mol. The summed E-state index contributed by atoms with van der Waals surface area (Å²) in [7, 11) is 2.19. The van der Waals surface area contributed by atoms with E-state index in [1.165, 1.54) is 21.8 Å². The van der Waals surface area contributed by atoms with Gasteiger partial charge in [0.2, 0.25) is 0 Å². The molecule has 0 saturated heterocycles. The van der Waals surface area contributed by atoms with E-state index in [0.717, 1.165) is 16.3 Å². The van der Waals surface area contributed by atoms with Gasteiger partial charge in [0.05, 0.1) is 11.7 Å². The molecule has 2 atom stereocenters. The topological polar surface area (TPSA) is 24.6 Å². The smallest absolute Gasteiger partial charge is 0.509 e. The quantitative estimate of drug-likeness (QED) is 0.299. The molecular formula is C32H30N4OPt+2. The van der Waals surface area contributed by atoms with Crippen LogP contribution in [-0.4, -0.2) is 7.05 Å². The minimum absolute atomic E-state index is 0. The molecule has 2 aliphatic heterocycles. The van der Waals surface area contributed by atoms with E-state index in [9.17, 15) is 0 Å². The van der Waals surface area contributed by atoms with Crippen molar-refractivity contribution in [2.75, 3.05) is 16.8 Å². The van der Waals surface area contributed by atoms with Crippen LogP contribution in [0.4, 0.5) is 22.7 Å². The Hall–Kier alpha value is -3.37. The van der Waals surface area contributed by atoms with Crippen LogP contribution in [0.5, 0.6) is 11.5 Å². The summed E-state index contributed by atoms with van der Waals surface area (Å²) in [5.41, 5.74) is 5.50. The van der Waals surface area contributed by atoms with Gasteiger partial charge >= 0.3 is 21.1 Å². The van der Waals surface area contributed by atoms with Gasteiger partial charge in [0, 0.05) is 36.0 Å². The van der Waals surface area contributed by atoms with E-state index in [0.29, 0.717) is 11.5 Å². The predicted molar refractivity (Wildman–Crippen MR) is 146 cm³/mol. The zero-order valence-corrected chi connectivity index (χ0v) is 23.9. The zero-order chi connectivity index (χ0) is 25.4. The predicted octanol–water partition coefficient (Wildman–Crippen LogP) is 4.72. The van der Waals surface area contributed by atoms with E-state index in [-0.39, 0.29) is 26.6 Å². The van der Waals surface area contributed by atoms with Crippen molar-refractivity contribution in [2.45, 2.75) is 19.4 Å². The zero-order valence-electron chi connectivity index (χ0n) is 21.6. The van der Waals surface area contributed by atoms with E-state index in [4.69, 9.17) is 4.74 Å².